The molecule has 5 aromatic rings. The van der Waals surface area contributed by atoms with Gasteiger partial charge in [-0.1, -0.05) is 35.9 Å². The third-order valence-corrected chi connectivity index (χ3v) is 5.56. The zero-order valence-electron chi connectivity index (χ0n) is 14.7. The van der Waals surface area contributed by atoms with Gasteiger partial charge < -0.3 is 4.40 Å². The topological polar surface area (TPSA) is 52.2 Å². The van der Waals surface area contributed by atoms with E-state index in [2.05, 4.69) is 41.2 Å². The molecule has 0 amide bonds. The average molecular weight is 372 g/mol. The fourth-order valence-electron chi connectivity index (χ4n) is 3.26. The number of pyridine rings is 1. The Bertz CT molecular complexity index is 1300. The Hall–Kier alpha value is -3.25. The molecule has 0 aliphatic carbocycles. The number of hydrogen-bond acceptors (Lipinski definition) is 4. The van der Waals surface area contributed by atoms with Gasteiger partial charge in [-0.2, -0.15) is 0 Å². The third kappa shape index (κ3) is 2.74. The van der Waals surface area contributed by atoms with Gasteiger partial charge in [-0.25, -0.2) is 9.97 Å². The maximum atomic E-state index is 13.2. The van der Waals surface area contributed by atoms with Gasteiger partial charge in [0.15, 0.2) is 0 Å². The van der Waals surface area contributed by atoms with Gasteiger partial charge in [-0.3, -0.25) is 9.36 Å². The van der Waals surface area contributed by atoms with E-state index in [9.17, 15) is 4.79 Å². The molecule has 5 rings (SSSR count). The molecule has 4 aromatic heterocycles. The molecule has 0 N–H and O–H groups in total. The average Bonchev–Trinajstić information content (AvgIpc) is 3.28. The van der Waals surface area contributed by atoms with Crippen LogP contribution in [0.3, 0.4) is 0 Å². The van der Waals surface area contributed by atoms with Crippen LogP contribution in [0.5, 0.6) is 0 Å². The van der Waals surface area contributed by atoms with Crippen molar-refractivity contribution >= 4 is 27.2 Å². The number of thiophene rings is 1. The lowest BCUT2D eigenvalue weighted by molar-refractivity contribution is 0.735. The Morgan fingerprint density at radius 1 is 1.11 bits per heavy atom. The second-order valence-corrected chi connectivity index (χ2v) is 7.43. The number of aromatic nitrogens is 4. The van der Waals surface area contributed by atoms with E-state index in [0.717, 1.165) is 27.3 Å². The van der Waals surface area contributed by atoms with E-state index >= 15 is 0 Å². The Balaban J connectivity index is 1.61. The summed E-state index contributed by atoms with van der Waals surface area (Å²) in [4.78, 5) is 23.0. The van der Waals surface area contributed by atoms with Crippen LogP contribution in [-0.4, -0.2) is 18.9 Å². The molecule has 0 saturated carbocycles. The zero-order chi connectivity index (χ0) is 18.4. The quantitative estimate of drug-likeness (QED) is 0.478. The Morgan fingerprint density at radius 2 is 1.96 bits per heavy atom. The molecule has 0 saturated heterocycles. The van der Waals surface area contributed by atoms with Crippen LogP contribution >= 0.6 is 11.3 Å². The van der Waals surface area contributed by atoms with Gasteiger partial charge in [-0.15, -0.1) is 11.3 Å². The number of fused-ring (bicyclic) bond motifs is 2. The lowest BCUT2D eigenvalue weighted by Crippen LogP contribution is -2.21. The van der Waals surface area contributed by atoms with E-state index in [0.29, 0.717) is 11.9 Å². The van der Waals surface area contributed by atoms with Crippen LogP contribution in [0, 0.1) is 6.92 Å². The Morgan fingerprint density at radius 3 is 2.78 bits per heavy atom. The van der Waals surface area contributed by atoms with Gasteiger partial charge in [0.2, 0.25) is 0 Å². The molecule has 5 nitrogen and oxygen atoms in total. The minimum Gasteiger partial charge on any atom is -0.307 e. The molecule has 0 bridgehead atoms. The molecule has 27 heavy (non-hydrogen) atoms. The summed E-state index contributed by atoms with van der Waals surface area (Å²) in [7, 11) is 0. The maximum absolute atomic E-state index is 13.2. The highest BCUT2D eigenvalue weighted by Gasteiger charge is 2.14. The molecule has 0 radical (unpaired) electrons. The summed E-state index contributed by atoms with van der Waals surface area (Å²) >= 11 is 1.50. The fourth-order valence-corrected chi connectivity index (χ4v) is 4.17. The number of imidazole rings is 1. The standard InChI is InChI=1S/C21H16N4OS/c1-14-5-7-15(8-6-14)17-12-27-20-19(17)21(26)25(13-22-20)11-16-10-24-9-3-2-4-18(24)23-16/h2-10,12-13H,11H2,1H3. The smallest absolute Gasteiger partial charge is 0.263 e. The summed E-state index contributed by atoms with van der Waals surface area (Å²) in [5.74, 6) is 0. The van der Waals surface area contributed by atoms with E-state index < -0.39 is 0 Å². The van der Waals surface area contributed by atoms with Crippen molar-refractivity contribution in [3.63, 3.8) is 0 Å². The van der Waals surface area contributed by atoms with E-state index in [1.54, 1.807) is 10.9 Å². The van der Waals surface area contributed by atoms with E-state index in [4.69, 9.17) is 0 Å². The molecule has 0 fully saturated rings. The highest BCUT2D eigenvalue weighted by molar-refractivity contribution is 7.17. The van der Waals surface area contributed by atoms with Crippen molar-refractivity contribution < 1.29 is 0 Å². The van der Waals surface area contributed by atoms with Crippen LogP contribution in [0.2, 0.25) is 0 Å². The minimum absolute atomic E-state index is 0.0334. The summed E-state index contributed by atoms with van der Waals surface area (Å²) in [6.45, 7) is 2.45. The number of rotatable bonds is 3. The summed E-state index contributed by atoms with van der Waals surface area (Å²) in [5.41, 5.74) is 4.84. The predicted molar refractivity (Wildman–Crippen MR) is 108 cm³/mol. The van der Waals surface area contributed by atoms with Crippen molar-refractivity contribution in [3.8, 4) is 11.1 Å². The summed E-state index contributed by atoms with van der Waals surface area (Å²) in [5, 5.41) is 2.69. The summed E-state index contributed by atoms with van der Waals surface area (Å²) in [6, 6.07) is 14.1. The molecular formula is C21H16N4OS. The van der Waals surface area contributed by atoms with Crippen molar-refractivity contribution in [1.29, 1.82) is 0 Å². The highest BCUT2D eigenvalue weighted by atomic mass is 32.1. The van der Waals surface area contributed by atoms with Gasteiger partial charge in [-0.05, 0) is 24.6 Å². The van der Waals surface area contributed by atoms with Gasteiger partial charge >= 0.3 is 0 Å². The van der Waals surface area contributed by atoms with Crippen molar-refractivity contribution in [2.75, 3.05) is 0 Å². The van der Waals surface area contributed by atoms with Crippen molar-refractivity contribution in [2.45, 2.75) is 13.5 Å². The molecule has 0 unspecified atom stereocenters. The number of nitrogens with zero attached hydrogens (tertiary/aromatic N) is 4. The lowest BCUT2D eigenvalue weighted by Gasteiger charge is -2.05. The monoisotopic (exact) mass is 372 g/mol. The second-order valence-electron chi connectivity index (χ2n) is 6.57. The van der Waals surface area contributed by atoms with Crippen LogP contribution in [0.25, 0.3) is 27.0 Å². The van der Waals surface area contributed by atoms with Crippen LogP contribution in [-0.2, 0) is 6.54 Å². The van der Waals surface area contributed by atoms with Crippen molar-refractivity contribution in [2.24, 2.45) is 0 Å². The molecule has 0 aliphatic rings. The zero-order valence-corrected chi connectivity index (χ0v) is 15.5. The minimum atomic E-state index is -0.0334. The van der Waals surface area contributed by atoms with Crippen molar-refractivity contribution in [3.05, 3.63) is 88.2 Å². The highest BCUT2D eigenvalue weighted by Crippen LogP contribution is 2.30. The van der Waals surface area contributed by atoms with E-state index in [1.165, 1.54) is 16.9 Å². The third-order valence-electron chi connectivity index (χ3n) is 4.67. The second kappa shape index (κ2) is 6.17. The van der Waals surface area contributed by atoms with Gasteiger partial charge in [0, 0.05) is 23.3 Å². The maximum Gasteiger partial charge on any atom is 0.263 e. The van der Waals surface area contributed by atoms with Crippen LogP contribution in [0.4, 0.5) is 0 Å². The number of hydrogen-bond donors (Lipinski definition) is 0. The first kappa shape index (κ1) is 16.0. The molecule has 0 spiro atoms. The lowest BCUT2D eigenvalue weighted by atomic mass is 10.1. The molecule has 0 aliphatic heterocycles. The molecule has 0 atom stereocenters. The van der Waals surface area contributed by atoms with E-state index in [-0.39, 0.29) is 5.56 Å². The molecule has 132 valence electrons. The Labute approximate surface area is 159 Å². The summed E-state index contributed by atoms with van der Waals surface area (Å²) in [6.07, 6.45) is 5.51. The van der Waals surface area contributed by atoms with Gasteiger partial charge in [0.25, 0.3) is 5.56 Å². The SMILES string of the molecule is Cc1ccc(-c2csc3ncn(Cc4cn5ccccc5n4)c(=O)c23)cc1. The first-order valence-corrected chi connectivity index (χ1v) is 9.53. The fraction of sp³-hybridized carbons (Fsp3) is 0.0952. The summed E-state index contributed by atoms with van der Waals surface area (Å²) < 4.78 is 3.59. The van der Waals surface area contributed by atoms with Crippen LogP contribution < -0.4 is 5.56 Å². The Kier molecular flexibility index (Phi) is 3.65. The predicted octanol–water partition coefficient (Wildman–Crippen LogP) is 4.13. The number of benzene rings is 1. The van der Waals surface area contributed by atoms with E-state index in [1.807, 2.05) is 40.4 Å². The first-order chi connectivity index (χ1) is 13.2. The van der Waals surface area contributed by atoms with Crippen LogP contribution in [0.1, 0.15) is 11.3 Å². The molecular weight excluding hydrogens is 356 g/mol. The van der Waals surface area contributed by atoms with Gasteiger partial charge in [0.1, 0.15) is 10.5 Å². The normalized spacial score (nSPS) is 11.4. The number of aryl methyl sites for hydroxylation is 1. The van der Waals surface area contributed by atoms with Crippen molar-refractivity contribution in [1.82, 2.24) is 18.9 Å². The molecule has 4 heterocycles. The first-order valence-electron chi connectivity index (χ1n) is 8.65. The van der Waals surface area contributed by atoms with Crippen LogP contribution in [0.15, 0.2) is 71.4 Å². The largest absolute Gasteiger partial charge is 0.307 e. The molecule has 6 heteroatoms. The van der Waals surface area contributed by atoms with Gasteiger partial charge in [0.05, 0.1) is 24.0 Å². The molecule has 1 aromatic carbocycles.